The summed E-state index contributed by atoms with van der Waals surface area (Å²) in [5.74, 6) is -0.714. The van der Waals surface area contributed by atoms with Gasteiger partial charge in [-0.05, 0) is 13.0 Å². The van der Waals surface area contributed by atoms with Gasteiger partial charge in [-0.2, -0.15) is 0 Å². The van der Waals surface area contributed by atoms with Gasteiger partial charge in [-0.1, -0.05) is 90.4 Å². The second-order valence-corrected chi connectivity index (χ2v) is 6.49. The molecule has 0 aliphatic rings. The van der Waals surface area contributed by atoms with Gasteiger partial charge >= 0.3 is 35.5 Å². The van der Waals surface area contributed by atoms with Gasteiger partial charge < -0.3 is 10.4 Å². The molecule has 0 aromatic heterocycles. The molecule has 2 N–H and O–H groups in total. The minimum atomic E-state index is -0.714. The molecule has 0 saturated heterocycles. The Balaban J connectivity index is 0. The van der Waals surface area contributed by atoms with Crippen molar-refractivity contribution in [1.29, 1.82) is 0 Å². The van der Waals surface area contributed by atoms with Gasteiger partial charge in [-0.15, -0.1) is 0 Å². The Hall–Kier alpha value is 0.430. The zero-order valence-corrected chi connectivity index (χ0v) is 14.9. The van der Waals surface area contributed by atoms with E-state index in [9.17, 15) is 4.79 Å². The molecule has 0 spiro atoms. The molecule has 0 bridgehead atoms. The van der Waals surface area contributed by atoms with E-state index in [2.05, 4.69) is 12.2 Å². The van der Waals surface area contributed by atoms with Crippen LogP contribution in [0.5, 0.6) is 0 Å². The number of hydrogen-bond donors (Lipinski definition) is 2. The molecule has 4 heteroatoms. The zero-order chi connectivity index (χ0) is 16.3. The van der Waals surface area contributed by atoms with Gasteiger partial charge in [0.1, 0.15) is 0 Å². The van der Waals surface area contributed by atoms with Gasteiger partial charge in [0, 0.05) is 6.54 Å². The average molecular weight is 338 g/mol. The van der Waals surface area contributed by atoms with Crippen molar-refractivity contribution in [3.8, 4) is 0 Å². The monoisotopic (exact) mass is 337 g/mol. The van der Waals surface area contributed by atoms with Crippen LogP contribution in [0, 0.1) is 0 Å². The van der Waals surface area contributed by atoms with Crippen LogP contribution in [0.1, 0.15) is 103 Å². The van der Waals surface area contributed by atoms with E-state index in [1.165, 1.54) is 89.9 Å². The zero-order valence-electron chi connectivity index (χ0n) is 14.9. The maximum absolute atomic E-state index is 10.3. The summed E-state index contributed by atoms with van der Waals surface area (Å²) in [6.45, 7) is 3.84. The van der Waals surface area contributed by atoms with E-state index >= 15 is 0 Å². The number of carbonyl (C=O) groups is 1. The molecule has 0 heterocycles. The fourth-order valence-electron chi connectivity index (χ4n) is 2.76. The number of carboxylic acids is 1. The Kier molecular flexibility index (Phi) is 25.0. The summed E-state index contributed by atoms with van der Waals surface area (Å²) < 4.78 is 0. The molecule has 0 rings (SSSR count). The summed E-state index contributed by atoms with van der Waals surface area (Å²) in [5.41, 5.74) is 0. The summed E-state index contributed by atoms with van der Waals surface area (Å²) >= 11 is 0. The molecule has 3 nitrogen and oxygen atoms in total. The summed E-state index contributed by atoms with van der Waals surface area (Å²) in [6, 6.07) is 0. The third-order valence-electron chi connectivity index (χ3n) is 4.22. The van der Waals surface area contributed by atoms with Gasteiger partial charge in [-0.25, -0.2) is 0 Å². The van der Waals surface area contributed by atoms with Crippen molar-refractivity contribution in [1.82, 2.24) is 5.32 Å². The summed E-state index contributed by atoms with van der Waals surface area (Å²) in [5, 5.41) is 11.7. The first-order chi connectivity index (χ1) is 10.8. The molecule has 0 radical (unpaired) electrons. The normalized spacial score (nSPS) is 10.5. The van der Waals surface area contributed by atoms with E-state index in [4.69, 9.17) is 5.11 Å². The third-order valence-corrected chi connectivity index (χ3v) is 4.22. The number of rotatable bonds is 18. The van der Waals surface area contributed by atoms with Crippen molar-refractivity contribution in [3.05, 3.63) is 0 Å². The van der Waals surface area contributed by atoms with Crippen LogP contribution in [0.4, 0.5) is 0 Å². The first-order valence-corrected chi connectivity index (χ1v) is 9.70. The van der Waals surface area contributed by atoms with Gasteiger partial charge in [-0.3, -0.25) is 4.79 Å². The predicted octanol–water partition coefficient (Wildman–Crippen LogP) is 4.88. The SMILES string of the molecule is CCCCCCCCCCCCCCCCNCCC(=O)O.[NaH]. The Labute approximate surface area is 166 Å². The molecular formula is C19H40NNaO2. The molecule has 0 saturated carbocycles. The topological polar surface area (TPSA) is 49.3 Å². The van der Waals surface area contributed by atoms with Crippen molar-refractivity contribution < 1.29 is 9.90 Å². The molecule has 0 unspecified atom stereocenters. The van der Waals surface area contributed by atoms with Crippen molar-refractivity contribution in [2.75, 3.05) is 13.1 Å². The van der Waals surface area contributed by atoms with Crippen LogP contribution in [0.3, 0.4) is 0 Å². The second-order valence-electron chi connectivity index (χ2n) is 6.49. The van der Waals surface area contributed by atoms with Crippen LogP contribution in [0.15, 0.2) is 0 Å². The molecule has 0 aliphatic heterocycles. The number of unbranched alkanes of at least 4 members (excludes halogenated alkanes) is 13. The number of hydrogen-bond acceptors (Lipinski definition) is 2. The molecule has 0 atom stereocenters. The molecule has 134 valence electrons. The van der Waals surface area contributed by atoms with E-state index < -0.39 is 5.97 Å². The predicted molar refractivity (Wildman–Crippen MR) is 103 cm³/mol. The van der Waals surface area contributed by atoms with Crippen LogP contribution >= 0.6 is 0 Å². The van der Waals surface area contributed by atoms with E-state index in [-0.39, 0.29) is 36.0 Å². The van der Waals surface area contributed by atoms with Crippen LogP contribution in [-0.2, 0) is 4.79 Å². The molecule has 0 aliphatic carbocycles. The third kappa shape index (κ3) is 24.8. The molecule has 0 aromatic rings. The van der Waals surface area contributed by atoms with Gasteiger partial charge in [0.15, 0.2) is 0 Å². The van der Waals surface area contributed by atoms with Crippen LogP contribution in [0.25, 0.3) is 0 Å². The van der Waals surface area contributed by atoms with E-state index in [1.54, 1.807) is 0 Å². The molecule has 0 amide bonds. The first kappa shape index (κ1) is 25.7. The van der Waals surface area contributed by atoms with Crippen LogP contribution < -0.4 is 5.32 Å². The minimum absolute atomic E-state index is 0. The van der Waals surface area contributed by atoms with Crippen molar-refractivity contribution >= 4 is 35.5 Å². The van der Waals surface area contributed by atoms with E-state index in [1.807, 2.05) is 0 Å². The van der Waals surface area contributed by atoms with Crippen molar-refractivity contribution in [2.45, 2.75) is 103 Å². The average Bonchev–Trinajstić information content (AvgIpc) is 2.50. The Morgan fingerprint density at radius 2 is 1.09 bits per heavy atom. The Morgan fingerprint density at radius 1 is 0.696 bits per heavy atom. The van der Waals surface area contributed by atoms with Gasteiger partial charge in [0.25, 0.3) is 0 Å². The van der Waals surface area contributed by atoms with Gasteiger partial charge in [0.05, 0.1) is 6.42 Å². The second kappa shape index (κ2) is 22.4. The fourth-order valence-corrected chi connectivity index (χ4v) is 2.76. The quantitative estimate of drug-likeness (QED) is 0.277. The van der Waals surface area contributed by atoms with Crippen LogP contribution in [0.2, 0.25) is 0 Å². The van der Waals surface area contributed by atoms with Crippen LogP contribution in [-0.4, -0.2) is 53.7 Å². The summed E-state index contributed by atoms with van der Waals surface area (Å²) in [6.07, 6.45) is 19.5. The Morgan fingerprint density at radius 3 is 1.48 bits per heavy atom. The molecule has 23 heavy (non-hydrogen) atoms. The standard InChI is InChI=1S/C19H39NO2.Na.H/c1-2-3-4-5-6-7-8-9-10-11-12-13-14-15-17-20-18-16-19(21)22;;/h20H,2-18H2,1H3,(H,21,22);;. The number of aliphatic carboxylic acids is 1. The molecule has 0 aromatic carbocycles. The number of carboxylic acid groups (broad SMARTS) is 1. The van der Waals surface area contributed by atoms with Crippen molar-refractivity contribution in [3.63, 3.8) is 0 Å². The fraction of sp³-hybridized carbons (Fsp3) is 0.947. The van der Waals surface area contributed by atoms with E-state index in [0.29, 0.717) is 6.54 Å². The summed E-state index contributed by atoms with van der Waals surface area (Å²) in [4.78, 5) is 10.3. The Bertz CT molecular complexity index is 237. The molecular weight excluding hydrogens is 297 g/mol. The van der Waals surface area contributed by atoms with Gasteiger partial charge in [0.2, 0.25) is 0 Å². The number of nitrogens with one attached hydrogen (secondary N) is 1. The maximum atomic E-state index is 10.3. The van der Waals surface area contributed by atoms with Crippen molar-refractivity contribution in [2.24, 2.45) is 0 Å². The van der Waals surface area contributed by atoms with E-state index in [0.717, 1.165) is 6.54 Å². The molecule has 0 fully saturated rings. The summed E-state index contributed by atoms with van der Waals surface area (Å²) in [7, 11) is 0. The first-order valence-electron chi connectivity index (χ1n) is 9.70.